The zero-order valence-corrected chi connectivity index (χ0v) is 7.84. The molecule has 0 saturated carbocycles. The standard InChI is InChI=1S/C7H4ClF3N2O2/c8-2-3-1-4(6(9)10)5(13(14)15)7(11)12-3/h1,6H,2H2. The van der Waals surface area contributed by atoms with Gasteiger partial charge in [-0.25, -0.2) is 13.8 Å². The molecule has 0 amide bonds. The van der Waals surface area contributed by atoms with Crippen molar-refractivity contribution < 1.29 is 18.1 Å². The van der Waals surface area contributed by atoms with Crippen LogP contribution >= 0.6 is 11.6 Å². The van der Waals surface area contributed by atoms with Gasteiger partial charge in [0.2, 0.25) is 0 Å². The van der Waals surface area contributed by atoms with Gasteiger partial charge in [0.05, 0.1) is 16.5 Å². The summed E-state index contributed by atoms with van der Waals surface area (Å²) >= 11 is 5.26. The van der Waals surface area contributed by atoms with Gasteiger partial charge >= 0.3 is 5.69 Å². The summed E-state index contributed by atoms with van der Waals surface area (Å²) in [5, 5.41) is 10.3. The quantitative estimate of drug-likeness (QED) is 0.353. The van der Waals surface area contributed by atoms with Crippen LogP contribution < -0.4 is 0 Å². The van der Waals surface area contributed by atoms with E-state index in [1.807, 2.05) is 0 Å². The van der Waals surface area contributed by atoms with Crippen LogP contribution in [0.5, 0.6) is 0 Å². The highest BCUT2D eigenvalue weighted by Gasteiger charge is 2.28. The topological polar surface area (TPSA) is 56.0 Å². The predicted octanol–water partition coefficient (Wildman–Crippen LogP) is 2.81. The molecule has 0 aliphatic heterocycles. The number of hydrogen-bond acceptors (Lipinski definition) is 3. The van der Waals surface area contributed by atoms with E-state index in [0.717, 1.165) is 6.07 Å². The zero-order chi connectivity index (χ0) is 11.6. The molecule has 0 radical (unpaired) electrons. The van der Waals surface area contributed by atoms with Gasteiger partial charge in [0.25, 0.3) is 12.4 Å². The minimum atomic E-state index is -3.15. The molecule has 8 heteroatoms. The summed E-state index contributed by atoms with van der Waals surface area (Å²) in [4.78, 5) is 12.2. The Hall–Kier alpha value is -1.37. The number of rotatable bonds is 3. The van der Waals surface area contributed by atoms with Gasteiger partial charge in [-0.2, -0.15) is 4.39 Å². The van der Waals surface area contributed by atoms with Crippen molar-refractivity contribution in [2.45, 2.75) is 12.3 Å². The molecule has 0 aliphatic rings. The molecule has 15 heavy (non-hydrogen) atoms. The maximum Gasteiger partial charge on any atom is 0.332 e. The second-order valence-electron chi connectivity index (χ2n) is 2.53. The number of halogens is 4. The van der Waals surface area contributed by atoms with Crippen molar-refractivity contribution in [2.24, 2.45) is 0 Å². The SMILES string of the molecule is O=[N+]([O-])c1c(C(F)F)cc(CCl)nc1F. The van der Waals surface area contributed by atoms with E-state index in [4.69, 9.17) is 11.6 Å². The van der Waals surface area contributed by atoms with Gasteiger partial charge in [-0.05, 0) is 6.07 Å². The molecule has 0 aliphatic carbocycles. The molecular weight excluding hydrogens is 237 g/mol. The van der Waals surface area contributed by atoms with Crippen molar-refractivity contribution in [3.05, 3.63) is 33.4 Å². The summed E-state index contributed by atoms with van der Waals surface area (Å²) in [5.74, 6) is -1.84. The van der Waals surface area contributed by atoms with E-state index in [-0.39, 0.29) is 11.6 Å². The minimum Gasteiger partial charge on any atom is -0.258 e. The molecule has 1 heterocycles. The first-order chi connectivity index (χ1) is 6.97. The van der Waals surface area contributed by atoms with Crippen LogP contribution in [0.3, 0.4) is 0 Å². The zero-order valence-electron chi connectivity index (χ0n) is 7.08. The van der Waals surface area contributed by atoms with E-state index in [0.29, 0.717) is 0 Å². The summed E-state index contributed by atoms with van der Waals surface area (Å²) in [6, 6.07) is 0.721. The Morgan fingerprint density at radius 1 is 1.60 bits per heavy atom. The molecule has 1 aromatic heterocycles. The lowest BCUT2D eigenvalue weighted by Crippen LogP contribution is -2.04. The van der Waals surface area contributed by atoms with Gasteiger partial charge in [0, 0.05) is 0 Å². The highest BCUT2D eigenvalue weighted by molar-refractivity contribution is 6.16. The van der Waals surface area contributed by atoms with Crippen LogP contribution in [0, 0.1) is 16.1 Å². The summed E-state index contributed by atoms with van der Waals surface area (Å²) < 4.78 is 37.6. The molecule has 1 aromatic rings. The van der Waals surface area contributed by atoms with Gasteiger partial charge in [0.15, 0.2) is 0 Å². The van der Waals surface area contributed by atoms with Crippen LogP contribution in [0.15, 0.2) is 6.07 Å². The minimum absolute atomic E-state index is 0.171. The molecule has 0 aromatic carbocycles. The number of pyridine rings is 1. The van der Waals surface area contributed by atoms with Crippen LogP contribution in [-0.4, -0.2) is 9.91 Å². The van der Waals surface area contributed by atoms with Gasteiger partial charge < -0.3 is 0 Å². The van der Waals surface area contributed by atoms with E-state index < -0.39 is 28.5 Å². The molecule has 0 bridgehead atoms. The first-order valence-corrected chi connectivity index (χ1v) is 4.18. The fraction of sp³-hybridized carbons (Fsp3) is 0.286. The fourth-order valence-electron chi connectivity index (χ4n) is 0.994. The molecule has 0 unspecified atom stereocenters. The van der Waals surface area contributed by atoms with E-state index in [1.165, 1.54) is 0 Å². The van der Waals surface area contributed by atoms with Crippen LogP contribution in [0.1, 0.15) is 17.7 Å². The monoisotopic (exact) mass is 240 g/mol. The van der Waals surface area contributed by atoms with Crippen molar-refractivity contribution in [2.75, 3.05) is 0 Å². The van der Waals surface area contributed by atoms with Crippen molar-refractivity contribution in [1.29, 1.82) is 0 Å². The molecule has 82 valence electrons. The molecule has 4 nitrogen and oxygen atoms in total. The molecular formula is C7H4ClF3N2O2. The third kappa shape index (κ3) is 2.35. The summed E-state index contributed by atoms with van der Waals surface area (Å²) in [6.45, 7) is 0. The number of hydrogen-bond donors (Lipinski definition) is 0. The first kappa shape index (κ1) is 11.7. The summed E-state index contributed by atoms with van der Waals surface area (Å²) in [5.41, 5.74) is -2.49. The van der Waals surface area contributed by atoms with Crippen LogP contribution in [0.4, 0.5) is 18.9 Å². The number of nitrogens with zero attached hydrogens (tertiary/aromatic N) is 2. The van der Waals surface area contributed by atoms with E-state index in [9.17, 15) is 23.3 Å². The van der Waals surface area contributed by atoms with Gasteiger partial charge in [-0.3, -0.25) is 10.1 Å². The van der Waals surface area contributed by atoms with Crippen molar-refractivity contribution in [3.63, 3.8) is 0 Å². The van der Waals surface area contributed by atoms with Crippen molar-refractivity contribution >= 4 is 17.3 Å². The van der Waals surface area contributed by atoms with Crippen LogP contribution in [-0.2, 0) is 5.88 Å². The first-order valence-electron chi connectivity index (χ1n) is 3.65. The fourth-order valence-corrected chi connectivity index (χ4v) is 1.13. The lowest BCUT2D eigenvalue weighted by molar-refractivity contribution is -0.389. The van der Waals surface area contributed by atoms with Crippen molar-refractivity contribution in [1.82, 2.24) is 4.98 Å². The Bertz CT molecular complexity index is 400. The maximum atomic E-state index is 13.0. The van der Waals surface area contributed by atoms with Gasteiger partial charge in [-0.1, -0.05) is 0 Å². The molecule has 0 fully saturated rings. The molecule has 0 saturated heterocycles. The number of nitro groups is 1. The second kappa shape index (κ2) is 4.43. The predicted molar refractivity (Wildman–Crippen MR) is 45.4 cm³/mol. The number of alkyl halides is 3. The Labute approximate surface area is 86.8 Å². The Morgan fingerprint density at radius 2 is 2.20 bits per heavy atom. The highest BCUT2D eigenvalue weighted by Crippen LogP contribution is 2.31. The molecule has 0 N–H and O–H groups in total. The van der Waals surface area contributed by atoms with Gasteiger partial charge in [0.1, 0.15) is 5.56 Å². The average Bonchev–Trinajstić information content (AvgIpc) is 2.15. The van der Waals surface area contributed by atoms with Crippen LogP contribution in [0.25, 0.3) is 0 Å². The molecule has 0 spiro atoms. The van der Waals surface area contributed by atoms with Crippen LogP contribution in [0.2, 0.25) is 0 Å². The lowest BCUT2D eigenvalue weighted by Gasteiger charge is -2.03. The van der Waals surface area contributed by atoms with E-state index in [2.05, 4.69) is 4.98 Å². The summed E-state index contributed by atoms with van der Waals surface area (Å²) in [7, 11) is 0. The third-order valence-electron chi connectivity index (χ3n) is 1.59. The second-order valence-corrected chi connectivity index (χ2v) is 2.80. The molecule has 0 atom stereocenters. The summed E-state index contributed by atoms with van der Waals surface area (Å²) in [6.07, 6.45) is -3.15. The number of aromatic nitrogens is 1. The van der Waals surface area contributed by atoms with Crippen molar-refractivity contribution in [3.8, 4) is 0 Å². The Balaban J connectivity index is 3.42. The third-order valence-corrected chi connectivity index (χ3v) is 1.86. The average molecular weight is 241 g/mol. The Morgan fingerprint density at radius 3 is 2.60 bits per heavy atom. The Kier molecular flexibility index (Phi) is 3.46. The lowest BCUT2D eigenvalue weighted by atomic mass is 10.2. The smallest absolute Gasteiger partial charge is 0.258 e. The largest absolute Gasteiger partial charge is 0.332 e. The molecule has 1 rings (SSSR count). The highest BCUT2D eigenvalue weighted by atomic mass is 35.5. The van der Waals surface area contributed by atoms with E-state index >= 15 is 0 Å². The normalized spacial score (nSPS) is 10.7. The maximum absolute atomic E-state index is 13.0. The van der Waals surface area contributed by atoms with Gasteiger partial charge in [-0.15, -0.1) is 11.6 Å². The van der Waals surface area contributed by atoms with E-state index in [1.54, 1.807) is 0 Å².